The van der Waals surface area contributed by atoms with E-state index in [-0.39, 0.29) is 22.3 Å². The molecule has 6 nitrogen and oxygen atoms in total. The summed E-state index contributed by atoms with van der Waals surface area (Å²) in [5.41, 5.74) is 1.23. The molecule has 0 spiro atoms. The molecule has 0 saturated heterocycles. The number of methoxy groups -OCH3 is 1. The van der Waals surface area contributed by atoms with Crippen molar-refractivity contribution in [2.75, 3.05) is 12.0 Å². The molecule has 1 atom stereocenters. The summed E-state index contributed by atoms with van der Waals surface area (Å²) in [7, 11) is 1.54. The summed E-state index contributed by atoms with van der Waals surface area (Å²) >= 11 is 0. The fourth-order valence-corrected chi connectivity index (χ4v) is 3.97. The summed E-state index contributed by atoms with van der Waals surface area (Å²) in [5.74, 6) is -0.144. The van der Waals surface area contributed by atoms with Crippen molar-refractivity contribution in [3.05, 3.63) is 99.3 Å². The lowest BCUT2D eigenvalue weighted by Crippen LogP contribution is -2.30. The van der Waals surface area contributed by atoms with Gasteiger partial charge in [-0.25, -0.2) is 9.37 Å². The van der Waals surface area contributed by atoms with Gasteiger partial charge in [0.15, 0.2) is 5.43 Å². The minimum Gasteiger partial charge on any atom is -0.497 e. The van der Waals surface area contributed by atoms with Crippen molar-refractivity contribution in [2.24, 2.45) is 0 Å². The number of hydrogen-bond acceptors (Lipinski definition) is 5. The molecule has 1 aliphatic rings. The van der Waals surface area contributed by atoms with Gasteiger partial charge in [0.25, 0.3) is 5.91 Å². The number of carbonyl (C=O) groups excluding carboxylic acids is 1. The maximum atomic E-state index is 13.9. The van der Waals surface area contributed by atoms with Gasteiger partial charge in [-0.05, 0) is 55.0 Å². The molecular formula is C24H17FN2O4. The number of aromatic nitrogens is 1. The van der Waals surface area contributed by atoms with E-state index in [1.165, 1.54) is 24.1 Å². The number of aryl methyl sites for hydroxylation is 1. The van der Waals surface area contributed by atoms with Crippen LogP contribution in [0.4, 0.5) is 10.2 Å². The number of carbonyl (C=O) groups is 1. The maximum absolute atomic E-state index is 13.9. The van der Waals surface area contributed by atoms with E-state index in [4.69, 9.17) is 9.15 Å². The second-order valence-corrected chi connectivity index (χ2v) is 7.31. The molecule has 1 aliphatic heterocycles. The number of amides is 1. The summed E-state index contributed by atoms with van der Waals surface area (Å²) in [4.78, 5) is 32.8. The van der Waals surface area contributed by atoms with E-state index in [2.05, 4.69) is 4.98 Å². The second kappa shape index (κ2) is 7.05. The van der Waals surface area contributed by atoms with Crippen LogP contribution in [0, 0.1) is 12.7 Å². The van der Waals surface area contributed by atoms with Crippen LogP contribution in [0.3, 0.4) is 0 Å². The lowest BCUT2D eigenvalue weighted by Gasteiger charge is -2.24. The van der Waals surface area contributed by atoms with Gasteiger partial charge in [0.05, 0.1) is 24.1 Å². The van der Waals surface area contributed by atoms with E-state index in [9.17, 15) is 14.0 Å². The number of fused-ring (bicyclic) bond motifs is 2. The van der Waals surface area contributed by atoms with E-state index in [1.807, 2.05) is 13.0 Å². The SMILES string of the molecule is COc1cccc([C@H]2c3c(oc4ccc(F)cc4c3=O)C(=O)N2c2cccc(C)n2)c1. The van der Waals surface area contributed by atoms with E-state index < -0.39 is 23.2 Å². The van der Waals surface area contributed by atoms with Crippen LogP contribution in [0.25, 0.3) is 11.0 Å². The largest absolute Gasteiger partial charge is 0.497 e. The van der Waals surface area contributed by atoms with Gasteiger partial charge in [-0.15, -0.1) is 0 Å². The monoisotopic (exact) mass is 416 g/mol. The molecule has 7 heteroatoms. The van der Waals surface area contributed by atoms with E-state index in [1.54, 1.807) is 36.4 Å². The zero-order chi connectivity index (χ0) is 21.7. The van der Waals surface area contributed by atoms with Crippen LogP contribution in [-0.4, -0.2) is 18.0 Å². The molecule has 31 heavy (non-hydrogen) atoms. The first kappa shape index (κ1) is 19.0. The Morgan fingerprint density at radius 2 is 1.87 bits per heavy atom. The fourth-order valence-electron chi connectivity index (χ4n) is 3.97. The van der Waals surface area contributed by atoms with E-state index >= 15 is 0 Å². The van der Waals surface area contributed by atoms with Crippen LogP contribution in [0.2, 0.25) is 0 Å². The summed E-state index contributed by atoms with van der Waals surface area (Å²) in [6, 6.07) is 15.3. The van der Waals surface area contributed by atoms with Gasteiger partial charge < -0.3 is 9.15 Å². The van der Waals surface area contributed by atoms with Crippen molar-refractivity contribution in [3.63, 3.8) is 0 Å². The number of ether oxygens (including phenoxy) is 1. The summed E-state index contributed by atoms with van der Waals surface area (Å²) < 4.78 is 25.0. The molecule has 0 saturated carbocycles. The molecule has 0 aliphatic carbocycles. The standard InChI is InChI=1S/C24H17FN2O4/c1-13-5-3-8-19(26-13)27-21(14-6-4-7-16(11-14)30-2)20-22(28)17-12-15(25)9-10-18(17)31-23(20)24(27)29/h3-12,21H,1-2H3/t21-/m0/s1. The number of halogens is 1. The van der Waals surface area contributed by atoms with Gasteiger partial charge in [0.1, 0.15) is 23.0 Å². The predicted octanol–water partition coefficient (Wildman–Crippen LogP) is 4.39. The molecule has 3 heterocycles. The summed E-state index contributed by atoms with van der Waals surface area (Å²) in [6.45, 7) is 1.82. The van der Waals surface area contributed by atoms with Gasteiger partial charge in [-0.1, -0.05) is 18.2 Å². The molecule has 2 aromatic heterocycles. The third kappa shape index (κ3) is 2.97. The minimum absolute atomic E-state index is 0.0692. The Morgan fingerprint density at radius 1 is 1.06 bits per heavy atom. The average Bonchev–Trinajstić information content (AvgIpc) is 3.07. The Labute approximate surface area is 176 Å². The smallest absolute Gasteiger partial charge is 0.296 e. The Morgan fingerprint density at radius 3 is 2.65 bits per heavy atom. The minimum atomic E-state index is -0.796. The zero-order valence-electron chi connectivity index (χ0n) is 16.8. The number of nitrogens with zero attached hydrogens (tertiary/aromatic N) is 2. The normalized spacial score (nSPS) is 15.4. The van der Waals surface area contributed by atoms with E-state index in [0.717, 1.165) is 11.8 Å². The summed E-state index contributed by atoms with van der Waals surface area (Å²) in [6.07, 6.45) is 0. The lowest BCUT2D eigenvalue weighted by molar-refractivity contribution is 0.0970. The highest BCUT2D eigenvalue weighted by Crippen LogP contribution is 2.41. The molecule has 2 aromatic carbocycles. The quantitative estimate of drug-likeness (QED) is 0.495. The van der Waals surface area contributed by atoms with Crippen molar-refractivity contribution in [1.82, 2.24) is 4.98 Å². The van der Waals surface area contributed by atoms with Gasteiger partial charge in [0, 0.05) is 5.69 Å². The van der Waals surface area contributed by atoms with Crippen LogP contribution < -0.4 is 15.1 Å². The number of anilines is 1. The molecule has 1 amide bonds. The van der Waals surface area contributed by atoms with Gasteiger partial charge >= 0.3 is 0 Å². The predicted molar refractivity (Wildman–Crippen MR) is 113 cm³/mol. The summed E-state index contributed by atoms with van der Waals surface area (Å²) in [5, 5.41) is 0.0819. The van der Waals surface area contributed by atoms with Crippen molar-refractivity contribution >= 4 is 22.7 Å². The number of rotatable bonds is 3. The van der Waals surface area contributed by atoms with Crippen LogP contribution in [0.5, 0.6) is 5.75 Å². The lowest BCUT2D eigenvalue weighted by atomic mass is 9.98. The van der Waals surface area contributed by atoms with Gasteiger partial charge in [0.2, 0.25) is 5.76 Å². The Hall–Kier alpha value is -4.00. The number of benzene rings is 2. The highest BCUT2D eigenvalue weighted by atomic mass is 19.1. The first-order valence-electron chi connectivity index (χ1n) is 9.65. The molecule has 0 fully saturated rings. The Bertz CT molecular complexity index is 1410. The van der Waals surface area contributed by atoms with Gasteiger partial charge in [-0.3, -0.25) is 14.5 Å². The fraction of sp³-hybridized carbons (Fsp3) is 0.125. The average molecular weight is 416 g/mol. The molecule has 5 rings (SSSR count). The zero-order valence-corrected chi connectivity index (χ0v) is 16.8. The van der Waals surface area contributed by atoms with Crippen molar-refractivity contribution in [3.8, 4) is 5.75 Å². The van der Waals surface area contributed by atoms with E-state index in [0.29, 0.717) is 17.1 Å². The van der Waals surface area contributed by atoms with Crippen LogP contribution in [0.1, 0.15) is 33.4 Å². The third-order valence-electron chi connectivity index (χ3n) is 5.36. The number of hydrogen-bond donors (Lipinski definition) is 0. The first-order valence-corrected chi connectivity index (χ1v) is 9.65. The molecular weight excluding hydrogens is 399 g/mol. The Kier molecular flexibility index (Phi) is 4.32. The van der Waals surface area contributed by atoms with Crippen LogP contribution >= 0.6 is 0 Å². The van der Waals surface area contributed by atoms with Crippen molar-refractivity contribution < 1.29 is 18.3 Å². The second-order valence-electron chi connectivity index (χ2n) is 7.31. The van der Waals surface area contributed by atoms with Crippen LogP contribution in [0.15, 0.2) is 69.9 Å². The number of pyridine rings is 1. The molecule has 4 aromatic rings. The maximum Gasteiger partial charge on any atom is 0.296 e. The Balaban J connectivity index is 1.83. The third-order valence-corrected chi connectivity index (χ3v) is 5.36. The molecule has 0 radical (unpaired) electrons. The van der Waals surface area contributed by atoms with Crippen molar-refractivity contribution in [1.29, 1.82) is 0 Å². The molecule has 0 N–H and O–H groups in total. The van der Waals surface area contributed by atoms with Gasteiger partial charge in [-0.2, -0.15) is 0 Å². The molecule has 0 bridgehead atoms. The molecule has 154 valence electrons. The van der Waals surface area contributed by atoms with Crippen molar-refractivity contribution in [2.45, 2.75) is 13.0 Å². The molecule has 0 unspecified atom stereocenters. The van der Waals surface area contributed by atoms with Crippen LogP contribution in [-0.2, 0) is 0 Å². The highest BCUT2D eigenvalue weighted by molar-refractivity contribution is 6.10. The first-order chi connectivity index (χ1) is 15.0. The highest BCUT2D eigenvalue weighted by Gasteiger charge is 2.44. The topological polar surface area (TPSA) is 72.6 Å².